The van der Waals surface area contributed by atoms with Crippen LogP contribution in [0.2, 0.25) is 0 Å². The molecule has 0 aliphatic heterocycles. The maximum Gasteiger partial charge on any atom is 0.0487 e. The molecule has 0 atom stereocenters. The molecule has 0 radical (unpaired) electrons. The lowest BCUT2D eigenvalue weighted by Crippen LogP contribution is -2.19. The highest BCUT2D eigenvalue weighted by molar-refractivity contribution is 5.96. The van der Waals surface area contributed by atoms with E-state index in [2.05, 4.69) is 114 Å². The molecule has 3 rings (SSSR count). The van der Waals surface area contributed by atoms with Gasteiger partial charge < -0.3 is 4.90 Å². The fourth-order valence-corrected chi connectivity index (χ4v) is 3.31. The molecule has 0 saturated heterocycles. The highest BCUT2D eigenvalue weighted by atomic mass is 15.1. The van der Waals surface area contributed by atoms with E-state index in [9.17, 15) is 0 Å². The van der Waals surface area contributed by atoms with Crippen LogP contribution in [0.15, 0.2) is 60.7 Å². The van der Waals surface area contributed by atoms with E-state index in [0.717, 1.165) is 0 Å². The molecule has 0 aromatic heterocycles. The molecule has 0 fully saturated rings. The van der Waals surface area contributed by atoms with Gasteiger partial charge in [0.15, 0.2) is 0 Å². The molecule has 0 aliphatic carbocycles. The summed E-state index contributed by atoms with van der Waals surface area (Å²) in [6, 6.07) is 22.2. The first-order valence-corrected chi connectivity index (χ1v) is 9.45. The molecular weight excluding hydrogens is 314 g/mol. The number of fused-ring (bicyclic) bond motifs is 1. The van der Waals surface area contributed by atoms with E-state index in [1.54, 1.807) is 0 Å². The molecular formula is C25H31N. The summed E-state index contributed by atoms with van der Waals surface area (Å²) in [4.78, 5) is 2.33. The number of hydrogen-bond acceptors (Lipinski definition) is 1. The van der Waals surface area contributed by atoms with E-state index in [1.165, 1.54) is 33.3 Å². The van der Waals surface area contributed by atoms with Crippen molar-refractivity contribution in [2.24, 2.45) is 0 Å². The Balaban J connectivity index is 2.18. The fourth-order valence-electron chi connectivity index (χ4n) is 3.31. The van der Waals surface area contributed by atoms with Gasteiger partial charge >= 0.3 is 0 Å². The standard InChI is InChI=1S/C25H31N/c1-24(2,3)19-15-20(25(4,5)6)17-21(16-19)26(7)23-14-10-12-18-11-8-9-13-22(18)23/h8-17H,1-7H3. The van der Waals surface area contributed by atoms with Crippen molar-refractivity contribution in [2.75, 3.05) is 11.9 Å². The van der Waals surface area contributed by atoms with Gasteiger partial charge in [-0.1, -0.05) is 84.0 Å². The van der Waals surface area contributed by atoms with Gasteiger partial charge in [0, 0.05) is 23.8 Å². The first kappa shape index (κ1) is 18.5. The van der Waals surface area contributed by atoms with Crippen LogP contribution in [0.25, 0.3) is 10.8 Å². The zero-order chi connectivity index (χ0) is 19.1. The molecule has 0 amide bonds. The number of anilines is 2. The first-order chi connectivity index (χ1) is 12.1. The van der Waals surface area contributed by atoms with Crippen molar-refractivity contribution in [2.45, 2.75) is 52.4 Å². The Hall–Kier alpha value is -2.28. The third kappa shape index (κ3) is 3.62. The van der Waals surface area contributed by atoms with Crippen molar-refractivity contribution in [1.29, 1.82) is 0 Å². The van der Waals surface area contributed by atoms with Gasteiger partial charge in [0.1, 0.15) is 0 Å². The Morgan fingerprint density at radius 1 is 0.654 bits per heavy atom. The summed E-state index contributed by atoms with van der Waals surface area (Å²) >= 11 is 0. The molecule has 26 heavy (non-hydrogen) atoms. The number of nitrogens with zero attached hydrogens (tertiary/aromatic N) is 1. The molecule has 3 aromatic carbocycles. The van der Waals surface area contributed by atoms with Crippen LogP contribution in [-0.2, 0) is 10.8 Å². The summed E-state index contributed by atoms with van der Waals surface area (Å²) in [5.74, 6) is 0. The van der Waals surface area contributed by atoms with Gasteiger partial charge in [-0.15, -0.1) is 0 Å². The van der Waals surface area contributed by atoms with Crippen molar-refractivity contribution in [3.05, 3.63) is 71.8 Å². The zero-order valence-electron chi connectivity index (χ0n) is 17.2. The van der Waals surface area contributed by atoms with Crippen LogP contribution in [0.1, 0.15) is 52.7 Å². The molecule has 0 heterocycles. The highest BCUT2D eigenvalue weighted by Crippen LogP contribution is 2.37. The van der Waals surface area contributed by atoms with Crippen LogP contribution in [0, 0.1) is 0 Å². The lowest BCUT2D eigenvalue weighted by atomic mass is 9.80. The Morgan fingerprint density at radius 2 is 1.19 bits per heavy atom. The van der Waals surface area contributed by atoms with Crippen LogP contribution in [0.4, 0.5) is 11.4 Å². The lowest BCUT2D eigenvalue weighted by Gasteiger charge is -2.29. The summed E-state index contributed by atoms with van der Waals surface area (Å²) in [6.45, 7) is 13.7. The summed E-state index contributed by atoms with van der Waals surface area (Å²) < 4.78 is 0. The zero-order valence-corrected chi connectivity index (χ0v) is 17.2. The largest absolute Gasteiger partial charge is 0.344 e. The topological polar surface area (TPSA) is 3.24 Å². The van der Waals surface area contributed by atoms with Gasteiger partial charge in [0.2, 0.25) is 0 Å². The van der Waals surface area contributed by atoms with Gasteiger partial charge in [-0.3, -0.25) is 0 Å². The Kier molecular flexibility index (Phi) is 4.60. The highest BCUT2D eigenvalue weighted by Gasteiger charge is 2.22. The molecule has 136 valence electrons. The van der Waals surface area contributed by atoms with E-state index in [1.807, 2.05) is 0 Å². The number of hydrogen-bond donors (Lipinski definition) is 0. The maximum absolute atomic E-state index is 2.38. The van der Waals surface area contributed by atoms with E-state index >= 15 is 0 Å². The van der Waals surface area contributed by atoms with Crippen LogP contribution in [0.5, 0.6) is 0 Å². The van der Waals surface area contributed by atoms with Crippen molar-refractivity contribution in [3.8, 4) is 0 Å². The monoisotopic (exact) mass is 345 g/mol. The SMILES string of the molecule is CN(c1cc(C(C)(C)C)cc(C(C)(C)C)c1)c1cccc2ccccc12. The molecule has 1 nitrogen and oxygen atoms in total. The van der Waals surface area contributed by atoms with E-state index < -0.39 is 0 Å². The first-order valence-electron chi connectivity index (χ1n) is 9.45. The van der Waals surface area contributed by atoms with Gasteiger partial charge in [-0.2, -0.15) is 0 Å². The molecule has 0 saturated carbocycles. The Morgan fingerprint density at radius 3 is 1.77 bits per heavy atom. The second-order valence-corrected chi connectivity index (χ2v) is 9.33. The third-order valence-corrected chi connectivity index (χ3v) is 5.17. The summed E-state index contributed by atoms with van der Waals surface area (Å²) in [7, 11) is 2.18. The van der Waals surface area contributed by atoms with Crippen LogP contribution < -0.4 is 4.90 Å². The quantitative estimate of drug-likeness (QED) is 0.474. The maximum atomic E-state index is 2.38. The van der Waals surface area contributed by atoms with E-state index in [0.29, 0.717) is 0 Å². The predicted octanol–water partition coefficient (Wildman–Crippen LogP) is 7.20. The minimum Gasteiger partial charge on any atom is -0.344 e. The Labute approximate surface area is 158 Å². The average molecular weight is 346 g/mol. The Bertz CT molecular complexity index is 885. The second kappa shape index (κ2) is 6.46. The average Bonchev–Trinajstić information content (AvgIpc) is 2.58. The van der Waals surface area contributed by atoms with Gasteiger partial charge in [0.05, 0.1) is 0 Å². The fraction of sp³-hybridized carbons (Fsp3) is 0.360. The van der Waals surface area contributed by atoms with E-state index in [4.69, 9.17) is 0 Å². The normalized spacial score (nSPS) is 12.4. The molecule has 0 N–H and O–H groups in total. The lowest BCUT2D eigenvalue weighted by molar-refractivity contribution is 0.568. The van der Waals surface area contributed by atoms with Crippen LogP contribution in [-0.4, -0.2) is 7.05 Å². The second-order valence-electron chi connectivity index (χ2n) is 9.33. The molecule has 0 aliphatic rings. The van der Waals surface area contributed by atoms with Crippen molar-refractivity contribution < 1.29 is 0 Å². The number of benzene rings is 3. The van der Waals surface area contributed by atoms with E-state index in [-0.39, 0.29) is 10.8 Å². The third-order valence-electron chi connectivity index (χ3n) is 5.17. The summed E-state index contributed by atoms with van der Waals surface area (Å²) in [6.07, 6.45) is 0. The summed E-state index contributed by atoms with van der Waals surface area (Å²) in [5.41, 5.74) is 5.50. The van der Waals surface area contributed by atoms with Gasteiger partial charge in [0.25, 0.3) is 0 Å². The van der Waals surface area contributed by atoms with Gasteiger partial charge in [-0.25, -0.2) is 0 Å². The minimum absolute atomic E-state index is 0.121. The van der Waals surface area contributed by atoms with Crippen molar-refractivity contribution in [1.82, 2.24) is 0 Å². The van der Waals surface area contributed by atoms with Gasteiger partial charge in [-0.05, 0) is 45.5 Å². The minimum atomic E-state index is 0.121. The molecule has 1 heteroatoms. The smallest absolute Gasteiger partial charge is 0.0487 e. The summed E-state index contributed by atoms with van der Waals surface area (Å²) in [5, 5.41) is 2.57. The van der Waals surface area contributed by atoms with Crippen molar-refractivity contribution in [3.63, 3.8) is 0 Å². The predicted molar refractivity (Wildman–Crippen MR) is 116 cm³/mol. The molecule has 0 unspecified atom stereocenters. The molecule has 3 aromatic rings. The number of rotatable bonds is 2. The van der Waals surface area contributed by atoms with Crippen LogP contribution >= 0.6 is 0 Å². The van der Waals surface area contributed by atoms with Crippen LogP contribution in [0.3, 0.4) is 0 Å². The molecule has 0 spiro atoms. The van der Waals surface area contributed by atoms with Crippen molar-refractivity contribution >= 4 is 22.1 Å². The molecule has 0 bridgehead atoms.